The highest BCUT2D eigenvalue weighted by Gasteiger charge is 2.12. The fourth-order valence-corrected chi connectivity index (χ4v) is 2.42. The highest BCUT2D eigenvalue weighted by molar-refractivity contribution is 5.91. The summed E-state index contributed by atoms with van der Waals surface area (Å²) < 4.78 is 24.1. The number of pyridine rings is 1. The van der Waals surface area contributed by atoms with E-state index in [0.29, 0.717) is 12.3 Å². The molecule has 1 N–H and O–H groups in total. The SMILES string of the molecule is CCOc1ccc(-c2cncc(C(=O)NOCc3cc(OC)ncc3F)n2)cc1. The first-order valence-electron chi connectivity index (χ1n) is 8.76. The Hall–Kier alpha value is -3.59. The zero-order chi connectivity index (χ0) is 20.6. The predicted octanol–water partition coefficient (Wildman–Crippen LogP) is 2.95. The second-order valence-electron chi connectivity index (χ2n) is 5.78. The normalized spacial score (nSPS) is 10.4. The Bertz CT molecular complexity index is 982. The van der Waals surface area contributed by atoms with Gasteiger partial charge in [-0.1, -0.05) is 0 Å². The lowest BCUT2D eigenvalue weighted by atomic mass is 10.1. The van der Waals surface area contributed by atoms with Crippen LogP contribution in [0.1, 0.15) is 23.0 Å². The second-order valence-corrected chi connectivity index (χ2v) is 5.78. The van der Waals surface area contributed by atoms with Crippen LogP contribution in [0.5, 0.6) is 11.6 Å². The van der Waals surface area contributed by atoms with E-state index in [2.05, 4.69) is 20.4 Å². The number of hydrogen-bond donors (Lipinski definition) is 1. The van der Waals surface area contributed by atoms with Gasteiger partial charge in [-0.3, -0.25) is 14.6 Å². The molecule has 8 nitrogen and oxygen atoms in total. The molecular weight excluding hydrogens is 379 g/mol. The molecule has 3 rings (SSSR count). The molecule has 0 atom stereocenters. The average Bonchev–Trinajstić information content (AvgIpc) is 2.76. The molecule has 0 aliphatic carbocycles. The van der Waals surface area contributed by atoms with Gasteiger partial charge in [0, 0.05) is 17.2 Å². The average molecular weight is 398 g/mol. The molecule has 2 aromatic heterocycles. The van der Waals surface area contributed by atoms with Gasteiger partial charge in [0.15, 0.2) is 0 Å². The maximum absolute atomic E-state index is 13.7. The third-order valence-corrected chi connectivity index (χ3v) is 3.84. The number of rotatable bonds is 8. The van der Waals surface area contributed by atoms with Gasteiger partial charge in [-0.15, -0.1) is 0 Å². The number of aromatic nitrogens is 3. The third-order valence-electron chi connectivity index (χ3n) is 3.84. The van der Waals surface area contributed by atoms with Gasteiger partial charge in [0.2, 0.25) is 5.88 Å². The van der Waals surface area contributed by atoms with Crippen molar-refractivity contribution in [3.63, 3.8) is 0 Å². The first kappa shape index (κ1) is 20.2. The number of carbonyl (C=O) groups is 1. The van der Waals surface area contributed by atoms with Crippen LogP contribution in [0.2, 0.25) is 0 Å². The topological polar surface area (TPSA) is 95.5 Å². The van der Waals surface area contributed by atoms with E-state index in [1.165, 1.54) is 19.4 Å². The third kappa shape index (κ3) is 5.23. The van der Waals surface area contributed by atoms with Crippen molar-refractivity contribution in [1.82, 2.24) is 20.4 Å². The number of hydroxylamine groups is 1. The molecule has 29 heavy (non-hydrogen) atoms. The van der Waals surface area contributed by atoms with Crippen molar-refractivity contribution in [1.29, 1.82) is 0 Å². The van der Waals surface area contributed by atoms with E-state index in [0.717, 1.165) is 17.5 Å². The number of hydrogen-bond acceptors (Lipinski definition) is 7. The van der Waals surface area contributed by atoms with Crippen LogP contribution in [0, 0.1) is 5.82 Å². The number of nitrogens with zero attached hydrogens (tertiary/aromatic N) is 3. The Balaban J connectivity index is 1.63. The van der Waals surface area contributed by atoms with Crippen LogP contribution in [0.3, 0.4) is 0 Å². The Morgan fingerprint density at radius 3 is 2.69 bits per heavy atom. The summed E-state index contributed by atoms with van der Waals surface area (Å²) in [5, 5.41) is 0. The minimum atomic E-state index is -0.605. The van der Waals surface area contributed by atoms with Crippen molar-refractivity contribution < 1.29 is 23.5 Å². The number of methoxy groups -OCH3 is 1. The maximum Gasteiger partial charge on any atom is 0.295 e. The van der Waals surface area contributed by atoms with Crippen LogP contribution in [0.15, 0.2) is 48.9 Å². The molecule has 0 fully saturated rings. The summed E-state index contributed by atoms with van der Waals surface area (Å²) in [5.74, 6) is -0.194. The summed E-state index contributed by atoms with van der Waals surface area (Å²) in [4.78, 5) is 29.4. The van der Waals surface area contributed by atoms with E-state index in [4.69, 9.17) is 14.3 Å². The number of ether oxygens (including phenoxy) is 2. The zero-order valence-corrected chi connectivity index (χ0v) is 15.9. The van der Waals surface area contributed by atoms with Gasteiger partial charge in [-0.05, 0) is 31.2 Å². The van der Waals surface area contributed by atoms with Crippen molar-refractivity contribution in [2.24, 2.45) is 0 Å². The standard InChI is InChI=1S/C20H19FN4O4/c1-3-28-15-6-4-13(5-7-15)17-10-22-11-18(24-17)20(26)25-29-12-14-8-19(27-2)23-9-16(14)21/h4-11H,3,12H2,1-2H3,(H,25,26). The van der Waals surface area contributed by atoms with Gasteiger partial charge in [0.1, 0.15) is 23.9 Å². The number of benzene rings is 1. The smallest absolute Gasteiger partial charge is 0.295 e. The van der Waals surface area contributed by atoms with Crippen LogP contribution in [0.25, 0.3) is 11.3 Å². The molecule has 0 spiro atoms. The molecular formula is C20H19FN4O4. The first-order chi connectivity index (χ1) is 14.1. The molecule has 0 bridgehead atoms. The quantitative estimate of drug-likeness (QED) is 0.583. The minimum absolute atomic E-state index is 0.0594. The number of nitrogens with one attached hydrogen (secondary N) is 1. The van der Waals surface area contributed by atoms with Crippen molar-refractivity contribution in [3.8, 4) is 22.9 Å². The van der Waals surface area contributed by atoms with E-state index in [1.807, 2.05) is 31.2 Å². The summed E-state index contributed by atoms with van der Waals surface area (Å²) in [6, 6.07) is 8.66. The Kier molecular flexibility index (Phi) is 6.64. The summed E-state index contributed by atoms with van der Waals surface area (Å²) in [5.41, 5.74) is 3.77. The lowest BCUT2D eigenvalue weighted by Gasteiger charge is -2.08. The molecule has 0 aliphatic heterocycles. The van der Waals surface area contributed by atoms with Gasteiger partial charge in [-0.25, -0.2) is 19.8 Å². The molecule has 0 saturated heterocycles. The van der Waals surface area contributed by atoms with Crippen LogP contribution in [-0.4, -0.2) is 34.6 Å². The summed E-state index contributed by atoms with van der Waals surface area (Å²) >= 11 is 0. The Morgan fingerprint density at radius 2 is 1.97 bits per heavy atom. The van der Waals surface area contributed by atoms with Crippen LogP contribution < -0.4 is 15.0 Å². The summed E-state index contributed by atoms with van der Waals surface area (Å²) in [7, 11) is 1.42. The molecule has 9 heteroatoms. The fourth-order valence-electron chi connectivity index (χ4n) is 2.42. The highest BCUT2D eigenvalue weighted by atomic mass is 19.1. The van der Waals surface area contributed by atoms with Gasteiger partial charge >= 0.3 is 0 Å². The Labute approximate surface area is 166 Å². The van der Waals surface area contributed by atoms with E-state index >= 15 is 0 Å². The molecule has 0 radical (unpaired) electrons. The largest absolute Gasteiger partial charge is 0.494 e. The predicted molar refractivity (Wildman–Crippen MR) is 102 cm³/mol. The fraction of sp³-hybridized carbons (Fsp3) is 0.200. The number of halogens is 1. The number of amides is 1. The van der Waals surface area contributed by atoms with Gasteiger partial charge in [0.25, 0.3) is 5.91 Å². The minimum Gasteiger partial charge on any atom is -0.494 e. The van der Waals surface area contributed by atoms with E-state index in [9.17, 15) is 9.18 Å². The van der Waals surface area contributed by atoms with E-state index in [1.54, 1.807) is 6.20 Å². The zero-order valence-electron chi connectivity index (χ0n) is 15.9. The van der Waals surface area contributed by atoms with Crippen LogP contribution >= 0.6 is 0 Å². The monoisotopic (exact) mass is 398 g/mol. The van der Waals surface area contributed by atoms with Gasteiger partial charge in [-0.2, -0.15) is 0 Å². The molecule has 0 aliphatic rings. The lowest BCUT2D eigenvalue weighted by Crippen LogP contribution is -2.25. The lowest BCUT2D eigenvalue weighted by molar-refractivity contribution is 0.0218. The van der Waals surface area contributed by atoms with E-state index < -0.39 is 11.7 Å². The molecule has 0 unspecified atom stereocenters. The molecule has 150 valence electrons. The van der Waals surface area contributed by atoms with E-state index in [-0.39, 0.29) is 23.7 Å². The van der Waals surface area contributed by atoms with Gasteiger partial charge in [0.05, 0.1) is 38.0 Å². The Morgan fingerprint density at radius 1 is 1.17 bits per heavy atom. The molecule has 2 heterocycles. The van der Waals surface area contributed by atoms with Crippen LogP contribution in [-0.2, 0) is 11.4 Å². The molecule has 3 aromatic rings. The van der Waals surface area contributed by atoms with Crippen molar-refractivity contribution in [3.05, 3.63) is 66.0 Å². The first-order valence-corrected chi connectivity index (χ1v) is 8.76. The van der Waals surface area contributed by atoms with Crippen molar-refractivity contribution >= 4 is 5.91 Å². The van der Waals surface area contributed by atoms with Crippen LogP contribution in [0.4, 0.5) is 4.39 Å². The van der Waals surface area contributed by atoms with Gasteiger partial charge < -0.3 is 9.47 Å². The summed E-state index contributed by atoms with van der Waals surface area (Å²) in [6.07, 6.45) is 3.88. The summed E-state index contributed by atoms with van der Waals surface area (Å²) in [6.45, 7) is 2.27. The number of carbonyl (C=O) groups excluding carboxylic acids is 1. The molecule has 1 aromatic carbocycles. The second kappa shape index (κ2) is 9.56. The molecule has 0 saturated carbocycles. The van der Waals surface area contributed by atoms with Crippen molar-refractivity contribution in [2.45, 2.75) is 13.5 Å². The van der Waals surface area contributed by atoms with Crippen molar-refractivity contribution in [2.75, 3.05) is 13.7 Å². The molecule has 1 amide bonds. The maximum atomic E-state index is 13.7. The highest BCUT2D eigenvalue weighted by Crippen LogP contribution is 2.20.